The van der Waals surface area contributed by atoms with E-state index in [2.05, 4.69) is 0 Å². The predicted molar refractivity (Wildman–Crippen MR) is 103 cm³/mol. The average molecular weight is 354 g/mol. The zero-order chi connectivity index (χ0) is 18.7. The molecule has 1 fully saturated rings. The first-order chi connectivity index (χ1) is 12.5. The lowest BCUT2D eigenvalue weighted by atomic mass is 10.0. The number of amides is 1. The van der Waals surface area contributed by atoms with Crippen LogP contribution in [0.25, 0.3) is 0 Å². The Hall–Kier alpha value is -2.69. The number of benzene rings is 2. The van der Waals surface area contributed by atoms with E-state index in [4.69, 9.17) is 9.47 Å². The smallest absolute Gasteiger partial charge is 0.254 e. The van der Waals surface area contributed by atoms with Gasteiger partial charge in [0, 0.05) is 31.9 Å². The molecule has 0 saturated carbocycles. The number of anilines is 1. The highest BCUT2D eigenvalue weighted by Crippen LogP contribution is 2.37. The molecule has 1 aliphatic heterocycles. The molecule has 1 atom stereocenters. The summed E-state index contributed by atoms with van der Waals surface area (Å²) >= 11 is 0. The van der Waals surface area contributed by atoms with E-state index in [1.54, 1.807) is 14.2 Å². The molecule has 3 rings (SSSR count). The minimum Gasteiger partial charge on any atom is -0.493 e. The van der Waals surface area contributed by atoms with Gasteiger partial charge in [0.2, 0.25) is 0 Å². The van der Waals surface area contributed by atoms with Gasteiger partial charge >= 0.3 is 0 Å². The minimum atomic E-state index is 0.0656. The van der Waals surface area contributed by atoms with E-state index in [0.717, 1.165) is 36.2 Å². The summed E-state index contributed by atoms with van der Waals surface area (Å²) in [4.78, 5) is 17.0. The van der Waals surface area contributed by atoms with Crippen molar-refractivity contribution in [3.05, 3.63) is 53.6 Å². The second-order valence-corrected chi connectivity index (χ2v) is 6.71. The van der Waals surface area contributed by atoms with Crippen molar-refractivity contribution in [1.82, 2.24) is 4.90 Å². The molecule has 1 aliphatic rings. The summed E-state index contributed by atoms with van der Waals surface area (Å²) in [6.07, 6.45) is 1.96. The highest BCUT2D eigenvalue weighted by molar-refractivity contribution is 5.95. The second-order valence-electron chi connectivity index (χ2n) is 6.71. The van der Waals surface area contributed by atoms with Crippen molar-refractivity contribution in [2.24, 2.45) is 0 Å². The molecular weight excluding hydrogens is 328 g/mol. The van der Waals surface area contributed by atoms with Gasteiger partial charge in [0.05, 0.1) is 20.3 Å². The Balaban J connectivity index is 1.84. The van der Waals surface area contributed by atoms with Crippen LogP contribution in [0.5, 0.6) is 11.5 Å². The number of methoxy groups -OCH3 is 2. The second kappa shape index (κ2) is 7.68. The maximum atomic E-state index is 13.0. The van der Waals surface area contributed by atoms with E-state index in [9.17, 15) is 4.79 Å². The largest absolute Gasteiger partial charge is 0.493 e. The number of ether oxygens (including phenoxy) is 2. The zero-order valence-electron chi connectivity index (χ0n) is 15.9. The molecule has 1 unspecified atom stereocenters. The van der Waals surface area contributed by atoms with Gasteiger partial charge in [-0.05, 0) is 54.8 Å². The quantitative estimate of drug-likeness (QED) is 0.820. The third kappa shape index (κ3) is 3.47. The summed E-state index contributed by atoms with van der Waals surface area (Å²) in [5, 5.41) is 0. The Morgan fingerprint density at radius 2 is 1.73 bits per heavy atom. The summed E-state index contributed by atoms with van der Waals surface area (Å²) < 4.78 is 10.7. The monoisotopic (exact) mass is 354 g/mol. The molecule has 5 nitrogen and oxygen atoms in total. The molecule has 1 saturated heterocycles. The number of hydrogen-bond donors (Lipinski definition) is 0. The predicted octanol–water partition coefficient (Wildman–Crippen LogP) is 3.75. The van der Waals surface area contributed by atoms with E-state index in [0.29, 0.717) is 11.5 Å². The normalized spacial score (nSPS) is 16.5. The Morgan fingerprint density at radius 3 is 2.35 bits per heavy atom. The van der Waals surface area contributed by atoms with Crippen molar-refractivity contribution in [1.29, 1.82) is 0 Å². The molecule has 0 radical (unpaired) electrons. The summed E-state index contributed by atoms with van der Waals surface area (Å²) in [6, 6.07) is 13.7. The highest BCUT2D eigenvalue weighted by Gasteiger charge is 2.31. The van der Waals surface area contributed by atoms with Crippen molar-refractivity contribution in [3.8, 4) is 11.5 Å². The van der Waals surface area contributed by atoms with Crippen LogP contribution < -0.4 is 14.4 Å². The SMILES string of the molecule is COc1ccc(C2CCCN2C(=O)c2ccc(N(C)C)cc2)cc1OC. The summed E-state index contributed by atoms with van der Waals surface area (Å²) in [5.41, 5.74) is 2.89. The van der Waals surface area contributed by atoms with Crippen LogP contribution >= 0.6 is 0 Å². The van der Waals surface area contributed by atoms with Crippen LogP contribution in [0, 0.1) is 0 Å². The van der Waals surface area contributed by atoms with Crippen LogP contribution in [0.2, 0.25) is 0 Å². The van der Waals surface area contributed by atoms with E-state index >= 15 is 0 Å². The summed E-state index contributed by atoms with van der Waals surface area (Å²) in [7, 11) is 7.24. The van der Waals surface area contributed by atoms with E-state index in [1.165, 1.54) is 0 Å². The van der Waals surface area contributed by atoms with Gasteiger partial charge < -0.3 is 19.3 Å². The molecular formula is C21H26N2O3. The van der Waals surface area contributed by atoms with Gasteiger partial charge in [0.25, 0.3) is 5.91 Å². The van der Waals surface area contributed by atoms with Crippen molar-refractivity contribution in [2.75, 3.05) is 39.8 Å². The van der Waals surface area contributed by atoms with Gasteiger partial charge in [0.15, 0.2) is 11.5 Å². The van der Waals surface area contributed by atoms with Crippen molar-refractivity contribution < 1.29 is 14.3 Å². The standard InChI is InChI=1S/C21H26N2O3/c1-22(2)17-10-7-15(8-11-17)21(24)23-13-5-6-18(23)16-9-12-19(25-3)20(14-16)26-4/h7-12,14,18H,5-6,13H2,1-4H3. The molecule has 138 valence electrons. The third-order valence-corrected chi connectivity index (χ3v) is 4.94. The van der Waals surface area contributed by atoms with Gasteiger partial charge in [-0.2, -0.15) is 0 Å². The Kier molecular flexibility index (Phi) is 5.35. The van der Waals surface area contributed by atoms with Crippen LogP contribution in [0.4, 0.5) is 5.69 Å². The van der Waals surface area contributed by atoms with Gasteiger partial charge in [-0.15, -0.1) is 0 Å². The first kappa shape index (κ1) is 18.1. The molecule has 2 aromatic carbocycles. The van der Waals surface area contributed by atoms with E-state index in [1.807, 2.05) is 66.4 Å². The first-order valence-corrected chi connectivity index (χ1v) is 8.85. The molecule has 0 aromatic heterocycles. The maximum Gasteiger partial charge on any atom is 0.254 e. The fourth-order valence-electron chi connectivity index (χ4n) is 3.48. The molecule has 2 aromatic rings. The maximum absolute atomic E-state index is 13.0. The highest BCUT2D eigenvalue weighted by atomic mass is 16.5. The third-order valence-electron chi connectivity index (χ3n) is 4.94. The lowest BCUT2D eigenvalue weighted by Gasteiger charge is -2.26. The number of hydrogen-bond acceptors (Lipinski definition) is 4. The Labute approximate surface area is 155 Å². The Bertz CT molecular complexity index is 771. The van der Waals surface area contributed by atoms with Crippen LogP contribution in [-0.4, -0.2) is 45.7 Å². The number of carbonyl (C=O) groups excluding carboxylic acids is 1. The van der Waals surface area contributed by atoms with Crippen LogP contribution in [0.15, 0.2) is 42.5 Å². The topological polar surface area (TPSA) is 42.0 Å². The molecule has 5 heteroatoms. The van der Waals surface area contributed by atoms with Crippen molar-refractivity contribution >= 4 is 11.6 Å². The van der Waals surface area contributed by atoms with Crippen LogP contribution in [0.1, 0.15) is 34.8 Å². The Morgan fingerprint density at radius 1 is 1.04 bits per heavy atom. The summed E-state index contributed by atoms with van der Waals surface area (Å²) in [6.45, 7) is 0.771. The van der Waals surface area contributed by atoms with E-state index < -0.39 is 0 Å². The molecule has 0 spiro atoms. The van der Waals surface area contributed by atoms with Crippen LogP contribution in [-0.2, 0) is 0 Å². The molecule has 26 heavy (non-hydrogen) atoms. The molecule has 1 heterocycles. The fraction of sp³-hybridized carbons (Fsp3) is 0.381. The molecule has 0 N–H and O–H groups in total. The lowest BCUT2D eigenvalue weighted by Crippen LogP contribution is -2.30. The van der Waals surface area contributed by atoms with Crippen molar-refractivity contribution in [2.45, 2.75) is 18.9 Å². The van der Waals surface area contributed by atoms with Crippen LogP contribution in [0.3, 0.4) is 0 Å². The number of carbonyl (C=O) groups is 1. The molecule has 0 aliphatic carbocycles. The number of rotatable bonds is 5. The van der Waals surface area contributed by atoms with Gasteiger partial charge in [0.1, 0.15) is 0 Å². The van der Waals surface area contributed by atoms with Gasteiger partial charge in [-0.1, -0.05) is 6.07 Å². The fourth-order valence-corrected chi connectivity index (χ4v) is 3.48. The average Bonchev–Trinajstić information content (AvgIpc) is 3.16. The van der Waals surface area contributed by atoms with Gasteiger partial charge in [-0.3, -0.25) is 4.79 Å². The molecule has 1 amide bonds. The van der Waals surface area contributed by atoms with E-state index in [-0.39, 0.29) is 11.9 Å². The van der Waals surface area contributed by atoms with Crippen molar-refractivity contribution in [3.63, 3.8) is 0 Å². The summed E-state index contributed by atoms with van der Waals surface area (Å²) in [5.74, 6) is 1.47. The zero-order valence-corrected chi connectivity index (χ0v) is 15.9. The molecule has 0 bridgehead atoms. The number of nitrogens with zero attached hydrogens (tertiary/aromatic N) is 2. The van der Waals surface area contributed by atoms with Gasteiger partial charge in [-0.25, -0.2) is 0 Å². The first-order valence-electron chi connectivity index (χ1n) is 8.85. The lowest BCUT2D eigenvalue weighted by molar-refractivity contribution is 0.0735. The number of likely N-dealkylation sites (tertiary alicyclic amines) is 1. The minimum absolute atomic E-state index is 0.0656.